The van der Waals surface area contributed by atoms with E-state index >= 15 is 4.39 Å². The molecule has 13 nitrogen and oxygen atoms in total. The molecule has 3 N–H and O–H groups in total. The molecule has 3 heterocycles. The number of imide groups is 1. The van der Waals surface area contributed by atoms with E-state index in [0.717, 1.165) is 76.8 Å². The van der Waals surface area contributed by atoms with Gasteiger partial charge in [-0.2, -0.15) is 11.8 Å². The summed E-state index contributed by atoms with van der Waals surface area (Å²) in [5, 5.41) is 13.7. The van der Waals surface area contributed by atoms with Gasteiger partial charge in [0.1, 0.15) is 34.6 Å². The van der Waals surface area contributed by atoms with Gasteiger partial charge in [0.15, 0.2) is 0 Å². The van der Waals surface area contributed by atoms with Gasteiger partial charge in [0.25, 0.3) is 17.4 Å². The van der Waals surface area contributed by atoms with Gasteiger partial charge in [-0.3, -0.25) is 19.2 Å². The zero-order valence-corrected chi connectivity index (χ0v) is 30.4. The highest BCUT2D eigenvalue weighted by Crippen LogP contribution is 2.34. The highest BCUT2D eigenvalue weighted by Gasteiger charge is 2.37. The molecule has 2 aliphatic heterocycles. The number of thioether (sulfide) groups is 1. The summed E-state index contributed by atoms with van der Waals surface area (Å²) in [6, 6.07) is 9.63. The van der Waals surface area contributed by atoms with Gasteiger partial charge in [-0.15, -0.1) is 5.06 Å². The van der Waals surface area contributed by atoms with Crippen LogP contribution >= 0.6 is 11.8 Å². The molecule has 3 aromatic rings. The molecule has 2 saturated carbocycles. The molecule has 1 atom stereocenters. The zero-order valence-electron chi connectivity index (χ0n) is 29.5. The number of carbonyl (C=O) groups is 3. The van der Waals surface area contributed by atoms with Gasteiger partial charge in [-0.25, -0.2) is 9.37 Å². The second-order valence-corrected chi connectivity index (χ2v) is 16.0. The molecule has 53 heavy (non-hydrogen) atoms. The maximum Gasteiger partial charge on any atom is 0.321 e. The average molecular weight is 752 g/mol. The molecule has 4 aliphatic rings. The van der Waals surface area contributed by atoms with Crippen molar-refractivity contribution < 1.29 is 38.2 Å². The summed E-state index contributed by atoms with van der Waals surface area (Å²) in [5.74, 6) is 1.34. The van der Waals surface area contributed by atoms with Crippen LogP contribution in [0.2, 0.25) is 0 Å². The number of aliphatic hydroxyl groups is 1. The first-order valence-electron chi connectivity index (χ1n) is 18.6. The van der Waals surface area contributed by atoms with Crippen molar-refractivity contribution in [3.8, 4) is 11.5 Å². The Balaban J connectivity index is 0.810. The number of likely N-dealkylation sites (tertiary alicyclic amines) is 1. The number of aromatic amines is 1. The summed E-state index contributed by atoms with van der Waals surface area (Å²) in [6.07, 6.45) is 7.75. The molecule has 4 fully saturated rings. The van der Waals surface area contributed by atoms with Crippen LogP contribution < -0.4 is 20.3 Å². The Bertz CT molecular complexity index is 1820. The minimum absolute atomic E-state index is 0.0513. The Kier molecular flexibility index (Phi) is 11.8. The molecular weight excluding hydrogens is 706 g/mol. The van der Waals surface area contributed by atoms with Crippen molar-refractivity contribution >= 4 is 46.6 Å². The SMILES string of the molecule is O=CON1C(=O)CCC(Nc2ccc(OC3CC(CN4CCC(COc5cc(F)c6c(=O)[nH]c(CSC7CCC(O)CC7)nc6c5)CC4)C3)cc2)C1=O. The van der Waals surface area contributed by atoms with Gasteiger partial charge in [0.05, 0.1) is 30.1 Å². The molecule has 1 aromatic heterocycles. The minimum Gasteiger partial charge on any atom is -0.493 e. The molecule has 15 heteroatoms. The van der Waals surface area contributed by atoms with E-state index in [1.54, 1.807) is 17.8 Å². The number of aromatic nitrogens is 2. The molecule has 1 unspecified atom stereocenters. The number of aliphatic hydroxyl groups excluding tert-OH is 1. The van der Waals surface area contributed by atoms with Crippen molar-refractivity contribution in [1.82, 2.24) is 19.9 Å². The van der Waals surface area contributed by atoms with Crippen molar-refractivity contribution in [1.29, 1.82) is 0 Å². The number of halogens is 1. The summed E-state index contributed by atoms with van der Waals surface area (Å²) in [6.45, 7) is 3.53. The number of nitrogens with one attached hydrogen (secondary N) is 2. The summed E-state index contributed by atoms with van der Waals surface area (Å²) in [7, 11) is 0. The smallest absolute Gasteiger partial charge is 0.321 e. The lowest BCUT2D eigenvalue weighted by Gasteiger charge is -2.40. The lowest BCUT2D eigenvalue weighted by atomic mass is 9.81. The van der Waals surface area contributed by atoms with Gasteiger partial charge in [-0.05, 0) is 107 Å². The first-order chi connectivity index (χ1) is 25.7. The normalized spacial score (nSPS) is 25.5. The second kappa shape index (κ2) is 16.9. The number of rotatable bonds is 14. The van der Waals surface area contributed by atoms with E-state index in [-0.39, 0.29) is 30.5 Å². The van der Waals surface area contributed by atoms with E-state index in [0.29, 0.717) is 63.7 Å². The third-order valence-corrected chi connectivity index (χ3v) is 12.2. The number of ether oxygens (including phenoxy) is 2. The monoisotopic (exact) mass is 751 g/mol. The largest absolute Gasteiger partial charge is 0.493 e. The third kappa shape index (κ3) is 9.30. The number of fused-ring (bicyclic) bond motifs is 1. The number of benzene rings is 2. The van der Waals surface area contributed by atoms with E-state index in [9.17, 15) is 24.3 Å². The van der Waals surface area contributed by atoms with E-state index in [1.807, 2.05) is 24.3 Å². The molecule has 284 valence electrons. The van der Waals surface area contributed by atoms with E-state index in [2.05, 4.69) is 25.0 Å². The second-order valence-electron chi connectivity index (χ2n) is 14.7. The molecular formula is C38H46FN5O8S. The van der Waals surface area contributed by atoms with Crippen molar-refractivity contribution in [2.45, 2.75) is 93.5 Å². The highest BCUT2D eigenvalue weighted by molar-refractivity contribution is 7.99. The number of hydrogen-bond acceptors (Lipinski definition) is 12. The van der Waals surface area contributed by atoms with E-state index in [1.165, 1.54) is 6.07 Å². The standard InChI is InChI=1S/C38H46FN5O8S/c39-31-17-28(18-33-36(31)37(48)42-34(41-33)21-53-30-7-3-26(46)4-8-30)50-20-23-11-13-43(14-12-23)19-24-15-29(16-24)52-27-5-1-25(2-6-27)40-32-9-10-35(47)44(38(32)49)51-22-45/h1-2,5-6,17-18,22-24,26,29-30,32,40,46H,3-4,7-16,19-21H2,(H,41,42,48). The summed E-state index contributed by atoms with van der Waals surface area (Å²) >= 11 is 1.72. The fourth-order valence-corrected chi connectivity index (χ4v) is 8.85. The number of carbonyl (C=O) groups excluding carboxylic acids is 3. The van der Waals surface area contributed by atoms with Gasteiger partial charge >= 0.3 is 6.47 Å². The maximum absolute atomic E-state index is 15.0. The van der Waals surface area contributed by atoms with Crippen LogP contribution in [0.4, 0.5) is 10.1 Å². The number of H-pyrrole nitrogens is 1. The molecule has 2 amide bonds. The minimum atomic E-state index is -0.670. The van der Waals surface area contributed by atoms with Crippen LogP contribution in [0.25, 0.3) is 10.9 Å². The van der Waals surface area contributed by atoms with Crippen LogP contribution in [0, 0.1) is 17.7 Å². The van der Waals surface area contributed by atoms with Crippen molar-refractivity contribution in [2.24, 2.45) is 11.8 Å². The molecule has 7 rings (SSSR count). The van der Waals surface area contributed by atoms with Gasteiger partial charge < -0.3 is 34.6 Å². The first-order valence-corrected chi connectivity index (χ1v) is 19.6. The summed E-state index contributed by atoms with van der Waals surface area (Å²) in [4.78, 5) is 62.0. The zero-order chi connectivity index (χ0) is 36.9. The lowest BCUT2D eigenvalue weighted by Crippen LogP contribution is -2.50. The third-order valence-electron chi connectivity index (χ3n) is 10.8. The predicted octanol–water partition coefficient (Wildman–Crippen LogP) is 4.56. The number of amides is 2. The molecule has 0 bridgehead atoms. The number of nitrogens with zero attached hydrogens (tertiary/aromatic N) is 3. The highest BCUT2D eigenvalue weighted by atomic mass is 32.2. The Morgan fingerprint density at radius 3 is 2.47 bits per heavy atom. The van der Waals surface area contributed by atoms with Crippen LogP contribution in [0.5, 0.6) is 11.5 Å². The molecule has 2 aromatic carbocycles. The van der Waals surface area contributed by atoms with Crippen molar-refractivity contribution in [3.05, 3.63) is 58.4 Å². The lowest BCUT2D eigenvalue weighted by molar-refractivity contribution is -0.197. The number of anilines is 1. The number of hydrogen-bond donors (Lipinski definition) is 3. The van der Waals surface area contributed by atoms with Gasteiger partial charge in [-0.1, -0.05) is 0 Å². The van der Waals surface area contributed by atoms with Crippen LogP contribution in [0.1, 0.15) is 70.0 Å². The fourth-order valence-electron chi connectivity index (χ4n) is 7.71. The quantitative estimate of drug-likeness (QED) is 0.156. The summed E-state index contributed by atoms with van der Waals surface area (Å²) in [5.41, 5.74) is 0.522. The Morgan fingerprint density at radius 1 is 0.981 bits per heavy atom. The van der Waals surface area contributed by atoms with Crippen LogP contribution in [0.3, 0.4) is 0 Å². The Morgan fingerprint density at radius 2 is 1.74 bits per heavy atom. The predicted molar refractivity (Wildman–Crippen MR) is 196 cm³/mol. The van der Waals surface area contributed by atoms with Crippen LogP contribution in [-0.2, 0) is 25.0 Å². The van der Waals surface area contributed by atoms with Crippen molar-refractivity contribution in [3.63, 3.8) is 0 Å². The molecule has 2 saturated heterocycles. The average Bonchev–Trinajstić information content (AvgIpc) is 3.13. The van der Waals surface area contributed by atoms with Gasteiger partial charge in [0, 0.05) is 36.0 Å². The van der Waals surface area contributed by atoms with E-state index in [4.69, 9.17) is 9.47 Å². The summed E-state index contributed by atoms with van der Waals surface area (Å²) < 4.78 is 27.2. The first kappa shape index (κ1) is 37.1. The van der Waals surface area contributed by atoms with Crippen molar-refractivity contribution in [2.75, 3.05) is 31.6 Å². The molecule has 0 radical (unpaired) electrons. The number of hydroxylamine groups is 2. The molecule has 2 aliphatic carbocycles. The van der Waals surface area contributed by atoms with Crippen LogP contribution in [-0.4, -0.2) is 93.1 Å². The Labute approximate surface area is 310 Å². The Hall–Kier alpha value is -4.21. The van der Waals surface area contributed by atoms with Gasteiger partial charge in [0.2, 0.25) is 0 Å². The fraction of sp³-hybridized carbons (Fsp3) is 0.553. The topological polar surface area (TPSA) is 163 Å². The maximum atomic E-state index is 15.0. The van der Waals surface area contributed by atoms with Crippen LogP contribution in [0.15, 0.2) is 41.2 Å². The number of piperidine rings is 2. The van der Waals surface area contributed by atoms with E-state index < -0.39 is 29.2 Å². The molecule has 0 spiro atoms.